The molecule has 0 saturated carbocycles. The summed E-state index contributed by atoms with van der Waals surface area (Å²) in [5, 5.41) is 11.2. The van der Waals surface area contributed by atoms with Crippen LogP contribution in [0.4, 0.5) is 0 Å². The Balaban J connectivity index is 0.921. The number of allylic oxidation sites excluding steroid dienone is 3. The van der Waals surface area contributed by atoms with Gasteiger partial charge in [-0.1, -0.05) is 176 Å². The van der Waals surface area contributed by atoms with Gasteiger partial charge < -0.3 is 0 Å². The zero-order chi connectivity index (χ0) is 39.1. The lowest BCUT2D eigenvalue weighted by atomic mass is 9.99. The Morgan fingerprint density at radius 1 is 0.431 bits per heavy atom. The lowest BCUT2D eigenvalue weighted by Crippen LogP contribution is -1.99. The minimum Gasteiger partial charge on any atom is -0.299 e. The van der Waals surface area contributed by atoms with Crippen LogP contribution in [0.5, 0.6) is 0 Å². The Morgan fingerprint density at radius 3 is 1.57 bits per heavy atom. The summed E-state index contributed by atoms with van der Waals surface area (Å²) < 4.78 is 0. The number of fused-ring (bicyclic) bond motifs is 1. The number of rotatable bonds is 10. The highest BCUT2D eigenvalue weighted by atomic mass is 14.9. The monoisotopic (exact) mass is 743 g/mol. The van der Waals surface area contributed by atoms with Gasteiger partial charge in [-0.2, -0.15) is 0 Å². The van der Waals surface area contributed by atoms with Crippen molar-refractivity contribution in [2.45, 2.75) is 0 Å². The van der Waals surface area contributed by atoms with Crippen LogP contribution in [0.3, 0.4) is 0 Å². The third kappa shape index (κ3) is 8.06. The number of pyridine rings is 2. The number of nitrogens with one attached hydrogen (secondary N) is 1. The molecule has 3 aromatic heterocycles. The van der Waals surface area contributed by atoms with Crippen LogP contribution in [0.2, 0.25) is 0 Å². The van der Waals surface area contributed by atoms with Crippen molar-refractivity contribution >= 4 is 28.1 Å². The molecule has 0 saturated heterocycles. The van der Waals surface area contributed by atoms with Crippen LogP contribution in [-0.2, 0) is 0 Å². The molecular formula is C53H37N5. The zero-order valence-corrected chi connectivity index (χ0v) is 31.6. The van der Waals surface area contributed by atoms with Gasteiger partial charge in [0.15, 0.2) is 5.82 Å². The van der Waals surface area contributed by atoms with E-state index in [-0.39, 0.29) is 0 Å². The molecule has 6 aromatic carbocycles. The van der Waals surface area contributed by atoms with Gasteiger partial charge in [-0.15, -0.1) is 0 Å². The molecule has 0 atom stereocenters. The first-order chi connectivity index (χ1) is 28.6. The summed E-state index contributed by atoms with van der Waals surface area (Å²) in [4.78, 5) is 19.2. The molecule has 5 nitrogen and oxygen atoms in total. The summed E-state index contributed by atoms with van der Waals surface area (Å²) in [6, 6.07) is 63.8. The van der Waals surface area contributed by atoms with Crippen molar-refractivity contribution in [2.24, 2.45) is 0 Å². The number of nitrogens with zero attached hydrogens (tertiary/aromatic N) is 4. The second-order valence-electron chi connectivity index (χ2n) is 13.9. The van der Waals surface area contributed by atoms with Gasteiger partial charge in [0, 0.05) is 40.0 Å². The summed E-state index contributed by atoms with van der Waals surface area (Å²) in [6.45, 7) is 0. The highest BCUT2D eigenvalue weighted by molar-refractivity contribution is 6.10. The van der Waals surface area contributed by atoms with E-state index in [9.17, 15) is 0 Å². The minimum atomic E-state index is 0.329. The average molecular weight is 744 g/mol. The first-order valence-electron chi connectivity index (χ1n) is 19.2. The van der Waals surface area contributed by atoms with Crippen LogP contribution < -0.4 is 0 Å². The van der Waals surface area contributed by atoms with E-state index in [2.05, 4.69) is 89.9 Å². The molecule has 0 bridgehead atoms. The minimum absolute atomic E-state index is 0.329. The average Bonchev–Trinajstić information content (AvgIpc) is 3.31. The second kappa shape index (κ2) is 16.5. The Bertz CT molecular complexity index is 2840. The third-order valence-corrected chi connectivity index (χ3v) is 10.1. The van der Waals surface area contributed by atoms with E-state index < -0.39 is 0 Å². The van der Waals surface area contributed by atoms with Gasteiger partial charge in [0.2, 0.25) is 0 Å². The van der Waals surface area contributed by atoms with Crippen molar-refractivity contribution in [2.75, 3.05) is 0 Å². The van der Waals surface area contributed by atoms with Crippen molar-refractivity contribution < 1.29 is 0 Å². The molecule has 0 aliphatic carbocycles. The molecule has 9 aromatic rings. The maximum atomic E-state index is 8.97. The predicted molar refractivity (Wildman–Crippen MR) is 239 cm³/mol. The highest BCUT2D eigenvalue weighted by Gasteiger charge is 2.12. The molecular weight excluding hydrogens is 707 g/mol. The lowest BCUT2D eigenvalue weighted by Gasteiger charge is -2.10. The summed E-state index contributed by atoms with van der Waals surface area (Å²) in [7, 11) is 0. The van der Waals surface area contributed by atoms with Gasteiger partial charge in [-0.3, -0.25) is 15.4 Å². The van der Waals surface area contributed by atoms with E-state index in [1.807, 2.05) is 134 Å². The van der Waals surface area contributed by atoms with E-state index in [0.717, 1.165) is 77.9 Å². The van der Waals surface area contributed by atoms with Gasteiger partial charge in [0.05, 0.1) is 28.5 Å². The van der Waals surface area contributed by atoms with Crippen LogP contribution >= 0.6 is 0 Å². The van der Waals surface area contributed by atoms with E-state index in [4.69, 9.17) is 20.4 Å². The van der Waals surface area contributed by atoms with Gasteiger partial charge >= 0.3 is 0 Å². The SMILES string of the molecule is N=C(/C=C(\C=C\c1cc2ccccc2cn1)c1ccccc1)c1ccc(-c2ccc(-c3ccc(-c4cc(-c5ccccc5)nc(-c5ccccc5)n4)cc3)cc2)cn1. The largest absolute Gasteiger partial charge is 0.299 e. The first kappa shape index (κ1) is 35.8. The highest BCUT2D eigenvalue weighted by Crippen LogP contribution is 2.31. The maximum Gasteiger partial charge on any atom is 0.160 e. The molecule has 0 unspecified atom stereocenters. The molecule has 5 heteroatoms. The normalized spacial score (nSPS) is 11.6. The molecule has 0 fully saturated rings. The fourth-order valence-electron chi connectivity index (χ4n) is 6.94. The Kier molecular flexibility index (Phi) is 10.2. The molecule has 0 aliphatic rings. The number of hydrogen-bond donors (Lipinski definition) is 1. The van der Waals surface area contributed by atoms with E-state index >= 15 is 0 Å². The summed E-state index contributed by atoms with van der Waals surface area (Å²) in [5.41, 5.74) is 12.8. The van der Waals surface area contributed by atoms with Crippen LogP contribution in [0.25, 0.3) is 78.6 Å². The molecule has 9 rings (SSSR count). The van der Waals surface area contributed by atoms with E-state index in [1.54, 1.807) is 0 Å². The number of aromatic nitrogens is 4. The smallest absolute Gasteiger partial charge is 0.160 e. The van der Waals surface area contributed by atoms with Gasteiger partial charge in [0.1, 0.15) is 0 Å². The molecule has 1 N–H and O–H groups in total. The van der Waals surface area contributed by atoms with E-state index in [1.165, 1.54) is 0 Å². The Morgan fingerprint density at radius 2 is 0.948 bits per heavy atom. The Labute approximate surface area is 338 Å². The van der Waals surface area contributed by atoms with E-state index in [0.29, 0.717) is 17.2 Å². The number of benzene rings is 6. The standard InChI is InChI=1S/C53H37N5/c54-49(33-45(37-12-4-1-5-13-37)28-30-48-32-44-18-10-11-19-46(44)35-55-48)50-31-29-47(36-56-50)40-22-20-38(21-23-40)39-24-26-42(27-25-39)52-34-51(41-14-6-2-7-15-41)57-53(58-52)43-16-8-3-9-17-43/h1-36,54H/b30-28+,45-33+,54-49?. The van der Waals surface area contributed by atoms with Crippen molar-refractivity contribution in [1.29, 1.82) is 5.41 Å². The third-order valence-electron chi connectivity index (χ3n) is 10.1. The summed E-state index contributed by atoms with van der Waals surface area (Å²) in [6.07, 6.45) is 9.61. The fourth-order valence-corrected chi connectivity index (χ4v) is 6.94. The summed E-state index contributed by atoms with van der Waals surface area (Å²) >= 11 is 0. The van der Waals surface area contributed by atoms with Crippen molar-refractivity contribution in [3.63, 3.8) is 0 Å². The first-order valence-corrected chi connectivity index (χ1v) is 19.2. The quantitative estimate of drug-likeness (QED) is 0.112. The van der Waals surface area contributed by atoms with Crippen molar-refractivity contribution in [3.8, 4) is 56.2 Å². The zero-order valence-electron chi connectivity index (χ0n) is 31.6. The molecule has 3 heterocycles. The van der Waals surface area contributed by atoms with Crippen molar-refractivity contribution in [3.05, 3.63) is 230 Å². The summed E-state index contributed by atoms with van der Waals surface area (Å²) in [5.74, 6) is 0.701. The van der Waals surface area contributed by atoms with Gasteiger partial charge in [0.25, 0.3) is 0 Å². The Hall–Kier alpha value is -7.89. The second-order valence-corrected chi connectivity index (χ2v) is 13.9. The van der Waals surface area contributed by atoms with Crippen molar-refractivity contribution in [1.82, 2.24) is 19.9 Å². The predicted octanol–water partition coefficient (Wildman–Crippen LogP) is 12.9. The molecule has 0 spiro atoms. The van der Waals surface area contributed by atoms with Crippen LogP contribution in [-0.4, -0.2) is 25.6 Å². The lowest BCUT2D eigenvalue weighted by molar-refractivity contribution is 1.18. The molecule has 0 radical (unpaired) electrons. The van der Waals surface area contributed by atoms with Crippen LogP contribution in [0.1, 0.15) is 17.0 Å². The van der Waals surface area contributed by atoms with Crippen LogP contribution in [0.15, 0.2) is 213 Å². The fraction of sp³-hybridized carbons (Fsp3) is 0. The van der Waals surface area contributed by atoms with Gasteiger partial charge in [-0.25, -0.2) is 9.97 Å². The maximum absolute atomic E-state index is 8.97. The molecule has 0 aliphatic heterocycles. The molecule has 58 heavy (non-hydrogen) atoms. The number of hydrogen-bond acceptors (Lipinski definition) is 5. The molecule has 0 amide bonds. The topological polar surface area (TPSA) is 75.4 Å². The van der Waals surface area contributed by atoms with Crippen LogP contribution in [0, 0.1) is 5.41 Å². The molecule has 274 valence electrons. The van der Waals surface area contributed by atoms with Gasteiger partial charge in [-0.05, 0) is 63.6 Å².